The topological polar surface area (TPSA) is 116 Å². The molecule has 0 aromatic heterocycles. The zero-order valence-electron chi connectivity index (χ0n) is 10.9. The first kappa shape index (κ1) is 16.1. The smallest absolute Gasteiger partial charge is 0.307 e. The lowest BCUT2D eigenvalue weighted by molar-refractivity contribution is -0.387. The van der Waals surface area contributed by atoms with E-state index in [4.69, 9.17) is 0 Å². The van der Waals surface area contributed by atoms with Crippen LogP contribution >= 0.6 is 0 Å². The van der Waals surface area contributed by atoms with Crippen molar-refractivity contribution in [3.8, 4) is 0 Å². The Morgan fingerprint density at radius 1 is 1.45 bits per heavy atom. The van der Waals surface area contributed by atoms with Gasteiger partial charge in [0.25, 0.3) is 5.69 Å². The molecule has 0 heterocycles. The van der Waals surface area contributed by atoms with Crippen LogP contribution < -0.4 is 4.72 Å². The summed E-state index contributed by atoms with van der Waals surface area (Å²) in [5, 5.41) is 10.8. The van der Waals surface area contributed by atoms with E-state index in [1.807, 2.05) is 0 Å². The molecule has 0 spiro atoms. The molecular weight excluding hydrogens is 288 g/mol. The van der Waals surface area contributed by atoms with Gasteiger partial charge in [0.05, 0.1) is 18.5 Å². The van der Waals surface area contributed by atoms with Crippen LogP contribution in [-0.2, 0) is 19.6 Å². The first-order valence-corrected chi connectivity index (χ1v) is 7.09. The minimum Gasteiger partial charge on any atom is -0.469 e. The van der Waals surface area contributed by atoms with Crippen molar-refractivity contribution in [2.24, 2.45) is 0 Å². The monoisotopic (exact) mass is 302 g/mol. The van der Waals surface area contributed by atoms with E-state index in [0.717, 1.165) is 12.1 Å². The number of carbonyl (C=O) groups is 1. The number of nitro benzene ring substituents is 1. The van der Waals surface area contributed by atoms with Gasteiger partial charge >= 0.3 is 5.97 Å². The van der Waals surface area contributed by atoms with Gasteiger partial charge in [-0.2, -0.15) is 0 Å². The molecule has 0 aliphatic heterocycles. The second-order valence-electron chi connectivity index (χ2n) is 4.03. The average Bonchev–Trinajstić information content (AvgIpc) is 2.37. The van der Waals surface area contributed by atoms with Gasteiger partial charge in [0.15, 0.2) is 4.90 Å². The van der Waals surface area contributed by atoms with Crippen LogP contribution in [0.25, 0.3) is 0 Å². The molecule has 0 aliphatic carbocycles. The van der Waals surface area contributed by atoms with Crippen molar-refractivity contribution in [3.63, 3.8) is 0 Å². The number of hydrogen-bond donors (Lipinski definition) is 1. The quantitative estimate of drug-likeness (QED) is 0.472. The molecule has 1 aromatic carbocycles. The molecule has 20 heavy (non-hydrogen) atoms. The molecule has 1 atom stereocenters. The summed E-state index contributed by atoms with van der Waals surface area (Å²) >= 11 is 0. The highest BCUT2D eigenvalue weighted by molar-refractivity contribution is 7.89. The fraction of sp³-hybridized carbons (Fsp3) is 0.364. The summed E-state index contributed by atoms with van der Waals surface area (Å²) < 4.78 is 30.8. The Bertz CT molecular complexity index is 613. The van der Waals surface area contributed by atoms with Gasteiger partial charge in [-0.1, -0.05) is 12.1 Å². The van der Waals surface area contributed by atoms with Crippen molar-refractivity contribution >= 4 is 21.7 Å². The fourth-order valence-electron chi connectivity index (χ4n) is 1.54. The summed E-state index contributed by atoms with van der Waals surface area (Å²) in [6.45, 7) is 1.46. The standard InChI is InChI=1S/C11H14N2O6S/c1-8(7-11(14)19-2)12-20(17,18)10-6-4-3-5-9(10)13(15)16/h3-6,8,12H,7H2,1-2H3. The molecule has 110 valence electrons. The van der Waals surface area contributed by atoms with E-state index in [1.165, 1.54) is 26.2 Å². The molecule has 0 saturated carbocycles. The molecule has 1 rings (SSSR count). The highest BCUT2D eigenvalue weighted by Gasteiger charge is 2.27. The Hall–Kier alpha value is -2.00. The molecule has 0 amide bonds. The third-order valence-electron chi connectivity index (χ3n) is 2.41. The number of benzene rings is 1. The van der Waals surface area contributed by atoms with Gasteiger partial charge < -0.3 is 4.74 Å². The number of nitrogens with zero attached hydrogens (tertiary/aromatic N) is 1. The van der Waals surface area contributed by atoms with E-state index < -0.39 is 37.5 Å². The highest BCUT2D eigenvalue weighted by atomic mass is 32.2. The van der Waals surface area contributed by atoms with E-state index in [2.05, 4.69) is 9.46 Å². The number of sulfonamides is 1. The van der Waals surface area contributed by atoms with E-state index in [1.54, 1.807) is 0 Å². The fourth-order valence-corrected chi connectivity index (χ4v) is 2.95. The summed E-state index contributed by atoms with van der Waals surface area (Å²) in [5.41, 5.74) is -0.523. The largest absolute Gasteiger partial charge is 0.469 e. The normalized spacial score (nSPS) is 12.7. The molecule has 1 aromatic rings. The zero-order chi connectivity index (χ0) is 15.3. The van der Waals surface area contributed by atoms with Crippen LogP contribution in [0.3, 0.4) is 0 Å². The molecule has 0 radical (unpaired) electrons. The average molecular weight is 302 g/mol. The minimum absolute atomic E-state index is 0.170. The van der Waals surface area contributed by atoms with Gasteiger partial charge in [-0.15, -0.1) is 0 Å². The number of nitrogens with one attached hydrogen (secondary N) is 1. The first-order chi connectivity index (χ1) is 9.27. The number of carbonyl (C=O) groups excluding carboxylic acids is 1. The lowest BCUT2D eigenvalue weighted by Crippen LogP contribution is -2.34. The van der Waals surface area contributed by atoms with Gasteiger partial charge in [-0.25, -0.2) is 13.1 Å². The molecule has 0 bridgehead atoms. The van der Waals surface area contributed by atoms with Crippen LogP contribution in [0.2, 0.25) is 0 Å². The van der Waals surface area contributed by atoms with Crippen LogP contribution in [0, 0.1) is 10.1 Å². The van der Waals surface area contributed by atoms with Gasteiger partial charge in [0.1, 0.15) is 0 Å². The Morgan fingerprint density at radius 3 is 2.60 bits per heavy atom. The molecule has 8 nitrogen and oxygen atoms in total. The number of para-hydroxylation sites is 1. The van der Waals surface area contributed by atoms with Crippen molar-refractivity contribution in [3.05, 3.63) is 34.4 Å². The van der Waals surface area contributed by atoms with Crippen molar-refractivity contribution in [1.29, 1.82) is 0 Å². The maximum Gasteiger partial charge on any atom is 0.307 e. The maximum absolute atomic E-state index is 12.1. The molecular formula is C11H14N2O6S. The Labute approximate surface area is 115 Å². The lowest BCUT2D eigenvalue weighted by Gasteiger charge is -2.13. The summed E-state index contributed by atoms with van der Waals surface area (Å²) in [5.74, 6) is -0.581. The second kappa shape index (κ2) is 6.44. The summed E-state index contributed by atoms with van der Waals surface area (Å²) in [7, 11) is -2.90. The van der Waals surface area contributed by atoms with Crippen molar-refractivity contribution < 1.29 is 22.9 Å². The Balaban J connectivity index is 3.00. The van der Waals surface area contributed by atoms with Gasteiger partial charge in [-0.05, 0) is 13.0 Å². The minimum atomic E-state index is -4.09. The number of nitro groups is 1. The van der Waals surface area contributed by atoms with E-state index in [0.29, 0.717) is 0 Å². The predicted molar refractivity (Wildman–Crippen MR) is 69.5 cm³/mol. The van der Waals surface area contributed by atoms with E-state index >= 15 is 0 Å². The Morgan fingerprint density at radius 2 is 2.05 bits per heavy atom. The highest BCUT2D eigenvalue weighted by Crippen LogP contribution is 2.23. The van der Waals surface area contributed by atoms with Gasteiger partial charge in [0, 0.05) is 12.1 Å². The van der Waals surface area contributed by atoms with E-state index in [-0.39, 0.29) is 6.42 Å². The van der Waals surface area contributed by atoms with Crippen molar-refractivity contribution in [2.45, 2.75) is 24.3 Å². The number of rotatable bonds is 6. The summed E-state index contributed by atoms with van der Waals surface area (Å²) in [6.07, 6.45) is -0.170. The summed E-state index contributed by atoms with van der Waals surface area (Å²) in [6, 6.07) is 4.24. The van der Waals surface area contributed by atoms with Crippen molar-refractivity contribution in [1.82, 2.24) is 4.72 Å². The number of methoxy groups -OCH3 is 1. The van der Waals surface area contributed by atoms with E-state index in [9.17, 15) is 23.3 Å². The third-order valence-corrected chi connectivity index (χ3v) is 4.05. The van der Waals surface area contributed by atoms with Crippen molar-refractivity contribution in [2.75, 3.05) is 7.11 Å². The molecule has 1 unspecified atom stereocenters. The van der Waals surface area contributed by atoms with Crippen LogP contribution in [0.5, 0.6) is 0 Å². The van der Waals surface area contributed by atoms with Crippen LogP contribution in [0.15, 0.2) is 29.2 Å². The van der Waals surface area contributed by atoms with Crippen LogP contribution in [-0.4, -0.2) is 32.5 Å². The van der Waals surface area contributed by atoms with Gasteiger partial charge in [0.2, 0.25) is 10.0 Å². The molecule has 9 heteroatoms. The predicted octanol–water partition coefficient (Wildman–Crippen LogP) is 0.825. The molecule has 0 fully saturated rings. The number of hydrogen-bond acceptors (Lipinski definition) is 6. The second-order valence-corrected chi connectivity index (χ2v) is 5.71. The molecule has 0 aliphatic rings. The van der Waals surface area contributed by atoms with Crippen LogP contribution in [0.1, 0.15) is 13.3 Å². The Kier molecular flexibility index (Phi) is 5.17. The van der Waals surface area contributed by atoms with Crippen LogP contribution in [0.4, 0.5) is 5.69 Å². The van der Waals surface area contributed by atoms with Gasteiger partial charge in [-0.3, -0.25) is 14.9 Å². The number of ether oxygens (including phenoxy) is 1. The SMILES string of the molecule is COC(=O)CC(C)NS(=O)(=O)c1ccccc1[N+](=O)[O-]. The third kappa shape index (κ3) is 4.00. The lowest BCUT2D eigenvalue weighted by atomic mass is 10.3. The zero-order valence-corrected chi connectivity index (χ0v) is 11.7. The summed E-state index contributed by atoms with van der Waals surface area (Å²) in [4.78, 5) is 20.7. The molecule has 1 N–H and O–H groups in total. The number of esters is 1. The molecule has 0 saturated heterocycles. The maximum atomic E-state index is 12.1. The first-order valence-electron chi connectivity index (χ1n) is 5.60.